The Balaban J connectivity index is 0.00000306. The number of ether oxygens (including phenoxy) is 1. The lowest BCUT2D eigenvalue weighted by Crippen LogP contribution is -2.46. The molecule has 0 spiro atoms. The molecule has 1 atom stereocenters. The van der Waals surface area contributed by atoms with E-state index in [-0.39, 0.29) is 24.0 Å². The lowest BCUT2D eigenvalue weighted by Gasteiger charge is -2.35. The zero-order chi connectivity index (χ0) is 22.2. The van der Waals surface area contributed by atoms with Crippen LogP contribution in [0.25, 0.3) is 11.0 Å². The van der Waals surface area contributed by atoms with Gasteiger partial charge in [0.05, 0.1) is 30.3 Å². The predicted octanol–water partition coefficient (Wildman–Crippen LogP) is 3.59. The third-order valence-corrected chi connectivity index (χ3v) is 6.05. The number of aliphatic imine (C=N–C) groups is 1. The standard InChI is InChI=1S/C25H34N6O.HI/c1-20-29-22-11-6-7-12-23(22)31(20)14-8-13-27-25(26-2)28-19-24(21-9-4-3-5-10-21)30-15-17-32-18-16-30;/h3-7,9-12,24H,8,13-19H2,1-2H3,(H2,26,27,28);1H. The van der Waals surface area contributed by atoms with Gasteiger partial charge in [-0.25, -0.2) is 4.98 Å². The number of fused-ring (bicyclic) bond motifs is 1. The molecule has 1 aromatic heterocycles. The zero-order valence-corrected chi connectivity index (χ0v) is 21.9. The van der Waals surface area contributed by atoms with Crippen LogP contribution in [0.1, 0.15) is 23.9 Å². The number of morpholine rings is 1. The highest BCUT2D eigenvalue weighted by molar-refractivity contribution is 14.0. The van der Waals surface area contributed by atoms with Gasteiger partial charge in [0.2, 0.25) is 0 Å². The van der Waals surface area contributed by atoms with Gasteiger partial charge in [-0.05, 0) is 31.0 Å². The van der Waals surface area contributed by atoms with Crippen LogP contribution in [0.5, 0.6) is 0 Å². The van der Waals surface area contributed by atoms with Crippen LogP contribution in [0.3, 0.4) is 0 Å². The molecule has 1 unspecified atom stereocenters. The minimum atomic E-state index is 0. The molecule has 3 aromatic rings. The smallest absolute Gasteiger partial charge is 0.191 e. The molecule has 2 heterocycles. The Hall–Kier alpha value is -2.17. The number of hydrogen-bond donors (Lipinski definition) is 2. The van der Waals surface area contributed by atoms with E-state index in [4.69, 9.17) is 4.74 Å². The van der Waals surface area contributed by atoms with Crippen LogP contribution >= 0.6 is 24.0 Å². The fourth-order valence-electron chi connectivity index (χ4n) is 4.36. The van der Waals surface area contributed by atoms with Gasteiger partial charge in [-0.1, -0.05) is 42.5 Å². The van der Waals surface area contributed by atoms with Gasteiger partial charge in [-0.3, -0.25) is 9.89 Å². The molecule has 0 amide bonds. The van der Waals surface area contributed by atoms with E-state index in [0.29, 0.717) is 6.04 Å². The second kappa shape index (κ2) is 12.9. The highest BCUT2D eigenvalue weighted by atomic mass is 127. The maximum Gasteiger partial charge on any atom is 0.191 e. The van der Waals surface area contributed by atoms with Gasteiger partial charge in [-0.2, -0.15) is 0 Å². The van der Waals surface area contributed by atoms with Crippen molar-refractivity contribution < 1.29 is 4.74 Å². The average Bonchev–Trinajstić information content (AvgIpc) is 3.16. The Morgan fingerprint density at radius 1 is 1.06 bits per heavy atom. The molecule has 0 saturated carbocycles. The number of nitrogens with zero attached hydrogens (tertiary/aromatic N) is 4. The highest BCUT2D eigenvalue weighted by Crippen LogP contribution is 2.21. The highest BCUT2D eigenvalue weighted by Gasteiger charge is 2.22. The van der Waals surface area contributed by atoms with E-state index in [0.717, 1.165) is 69.7 Å². The zero-order valence-electron chi connectivity index (χ0n) is 19.5. The molecule has 8 heteroatoms. The Bertz CT molecular complexity index is 1020. The summed E-state index contributed by atoms with van der Waals surface area (Å²) in [7, 11) is 1.83. The molecular weight excluding hydrogens is 527 g/mol. The summed E-state index contributed by atoms with van der Waals surface area (Å²) in [6.45, 7) is 8.13. The van der Waals surface area contributed by atoms with E-state index in [1.54, 1.807) is 0 Å². The summed E-state index contributed by atoms with van der Waals surface area (Å²) in [4.78, 5) is 11.6. The monoisotopic (exact) mass is 562 g/mol. The van der Waals surface area contributed by atoms with Crippen molar-refractivity contribution in [1.29, 1.82) is 0 Å². The first kappa shape index (κ1) is 25.5. The van der Waals surface area contributed by atoms with Crippen LogP contribution in [0.4, 0.5) is 0 Å². The number of benzene rings is 2. The lowest BCUT2D eigenvalue weighted by molar-refractivity contribution is 0.0170. The Kier molecular flexibility index (Phi) is 9.95. The van der Waals surface area contributed by atoms with Crippen LogP contribution in [0.2, 0.25) is 0 Å². The molecule has 0 radical (unpaired) electrons. The summed E-state index contributed by atoms with van der Waals surface area (Å²) in [5.74, 6) is 1.90. The molecule has 1 aliphatic heterocycles. The first-order valence-electron chi connectivity index (χ1n) is 11.5. The van der Waals surface area contributed by atoms with E-state index in [9.17, 15) is 0 Å². The average molecular weight is 563 g/mol. The van der Waals surface area contributed by atoms with E-state index < -0.39 is 0 Å². The van der Waals surface area contributed by atoms with Crippen LogP contribution < -0.4 is 10.6 Å². The number of nitrogens with one attached hydrogen (secondary N) is 2. The molecule has 0 aliphatic carbocycles. The number of guanidine groups is 1. The fourth-order valence-corrected chi connectivity index (χ4v) is 4.36. The number of halogens is 1. The van der Waals surface area contributed by atoms with Crippen LogP contribution in [0.15, 0.2) is 59.6 Å². The first-order chi connectivity index (χ1) is 15.8. The minimum Gasteiger partial charge on any atom is -0.379 e. The van der Waals surface area contributed by atoms with Gasteiger partial charge < -0.3 is 19.9 Å². The number of imidazole rings is 1. The number of hydrogen-bond acceptors (Lipinski definition) is 4. The van der Waals surface area contributed by atoms with Crippen molar-refractivity contribution >= 4 is 41.0 Å². The second-order valence-corrected chi connectivity index (χ2v) is 8.11. The van der Waals surface area contributed by atoms with Crippen molar-refractivity contribution in [2.45, 2.75) is 25.9 Å². The summed E-state index contributed by atoms with van der Waals surface area (Å²) in [6.07, 6.45) is 0.994. The normalized spacial score (nSPS) is 15.8. The lowest BCUT2D eigenvalue weighted by atomic mass is 10.0. The summed E-state index contributed by atoms with van der Waals surface area (Å²) in [5.41, 5.74) is 3.58. The van der Waals surface area contributed by atoms with Gasteiger partial charge in [0, 0.05) is 39.8 Å². The van der Waals surface area contributed by atoms with Crippen molar-refractivity contribution in [2.75, 3.05) is 46.4 Å². The third-order valence-electron chi connectivity index (χ3n) is 6.05. The maximum absolute atomic E-state index is 5.56. The number of rotatable bonds is 8. The summed E-state index contributed by atoms with van der Waals surface area (Å²) in [6, 6.07) is 19.3. The molecule has 0 bridgehead atoms. The van der Waals surface area contributed by atoms with Crippen molar-refractivity contribution in [3.05, 3.63) is 66.0 Å². The first-order valence-corrected chi connectivity index (χ1v) is 11.5. The fraction of sp³-hybridized carbons (Fsp3) is 0.440. The molecular formula is C25H35IN6O. The summed E-state index contributed by atoms with van der Waals surface area (Å²) in [5, 5.41) is 7.01. The Labute approximate surface area is 213 Å². The van der Waals surface area contributed by atoms with Crippen molar-refractivity contribution in [3.8, 4) is 0 Å². The minimum absolute atomic E-state index is 0. The molecule has 1 fully saturated rings. The van der Waals surface area contributed by atoms with Crippen molar-refractivity contribution in [2.24, 2.45) is 4.99 Å². The molecule has 2 aromatic carbocycles. The van der Waals surface area contributed by atoms with E-state index in [1.165, 1.54) is 11.1 Å². The van der Waals surface area contributed by atoms with Gasteiger partial charge in [0.25, 0.3) is 0 Å². The molecule has 1 aliphatic rings. The number of aryl methyl sites for hydroxylation is 2. The maximum atomic E-state index is 5.56. The van der Waals surface area contributed by atoms with Gasteiger partial charge in [0.15, 0.2) is 5.96 Å². The van der Waals surface area contributed by atoms with Gasteiger partial charge >= 0.3 is 0 Å². The predicted molar refractivity (Wildman–Crippen MR) is 145 cm³/mol. The SMILES string of the molecule is CN=C(NCCCn1c(C)nc2ccccc21)NCC(c1ccccc1)N1CCOCC1.I. The van der Waals surface area contributed by atoms with Crippen LogP contribution in [-0.2, 0) is 11.3 Å². The van der Waals surface area contributed by atoms with Gasteiger partial charge in [-0.15, -0.1) is 24.0 Å². The molecule has 4 rings (SSSR count). The second-order valence-electron chi connectivity index (χ2n) is 8.11. The van der Waals surface area contributed by atoms with Crippen LogP contribution in [0, 0.1) is 6.92 Å². The van der Waals surface area contributed by atoms with E-state index in [2.05, 4.69) is 85.5 Å². The van der Waals surface area contributed by atoms with Crippen molar-refractivity contribution in [3.63, 3.8) is 0 Å². The van der Waals surface area contributed by atoms with Crippen molar-refractivity contribution in [1.82, 2.24) is 25.1 Å². The number of aromatic nitrogens is 2. The van der Waals surface area contributed by atoms with E-state index >= 15 is 0 Å². The third kappa shape index (κ3) is 6.68. The largest absolute Gasteiger partial charge is 0.379 e. The summed E-state index contributed by atoms with van der Waals surface area (Å²) < 4.78 is 7.85. The van der Waals surface area contributed by atoms with E-state index in [1.807, 2.05) is 13.1 Å². The Morgan fingerprint density at radius 2 is 1.79 bits per heavy atom. The quantitative estimate of drug-likeness (QED) is 0.190. The van der Waals surface area contributed by atoms with Gasteiger partial charge in [0.1, 0.15) is 5.82 Å². The van der Waals surface area contributed by atoms with Crippen LogP contribution in [-0.4, -0.2) is 66.9 Å². The molecule has 1 saturated heterocycles. The summed E-state index contributed by atoms with van der Waals surface area (Å²) >= 11 is 0. The molecule has 178 valence electrons. The topological polar surface area (TPSA) is 66.7 Å². The number of para-hydroxylation sites is 2. The molecule has 2 N–H and O–H groups in total. The molecule has 7 nitrogen and oxygen atoms in total. The Morgan fingerprint density at radius 3 is 2.55 bits per heavy atom. The molecule has 33 heavy (non-hydrogen) atoms.